The lowest BCUT2D eigenvalue weighted by Gasteiger charge is -2.40. The number of nitrogens with zero attached hydrogens (tertiary/aromatic N) is 2. The number of aryl methyl sites for hydroxylation is 1. The van der Waals surface area contributed by atoms with Crippen LogP contribution in [0, 0.1) is 6.92 Å². The Labute approximate surface area is 184 Å². The number of likely N-dealkylation sites (tertiary alicyclic amines) is 1. The average Bonchev–Trinajstić information content (AvgIpc) is 2.80. The molecular weight excluding hydrogens is 408 g/mol. The molecule has 0 radical (unpaired) electrons. The van der Waals surface area contributed by atoms with Gasteiger partial charge in [0.2, 0.25) is 0 Å². The fourth-order valence-corrected chi connectivity index (χ4v) is 4.77. The van der Waals surface area contributed by atoms with Gasteiger partial charge in [-0.05, 0) is 37.2 Å². The molecule has 0 spiro atoms. The molecule has 0 aromatic heterocycles. The van der Waals surface area contributed by atoms with Gasteiger partial charge in [0.05, 0.1) is 5.71 Å². The summed E-state index contributed by atoms with van der Waals surface area (Å²) in [6.07, 6.45) is 1.21. The highest BCUT2D eigenvalue weighted by molar-refractivity contribution is 7.86. The highest BCUT2D eigenvalue weighted by Gasteiger charge is 2.33. The maximum atomic E-state index is 12.6. The van der Waals surface area contributed by atoms with E-state index in [2.05, 4.69) is 41.4 Å². The second kappa shape index (κ2) is 9.04. The molecule has 3 aromatic carbocycles. The van der Waals surface area contributed by atoms with Crippen LogP contribution in [-0.4, -0.2) is 26.1 Å². The molecule has 0 aliphatic carbocycles. The van der Waals surface area contributed by atoms with Crippen molar-refractivity contribution in [2.45, 2.75) is 36.7 Å². The quantitative estimate of drug-likeness (QED) is 0.514. The van der Waals surface area contributed by atoms with Gasteiger partial charge in [-0.3, -0.25) is 9.18 Å². The zero-order valence-electron chi connectivity index (χ0n) is 17.7. The maximum absolute atomic E-state index is 12.6. The topological polar surface area (TPSA) is 59.0 Å². The Hall–Kier alpha value is -2.96. The SMILES string of the molecule is Cc1ccc(S(=O)(=O)ON=C2C[C@@H](c3ccccc3)N(C)[C@H](c3ccccc3)C2)cc1. The second-order valence-electron chi connectivity index (χ2n) is 7.93. The summed E-state index contributed by atoms with van der Waals surface area (Å²) >= 11 is 0. The Morgan fingerprint density at radius 3 is 1.77 bits per heavy atom. The smallest absolute Gasteiger partial charge is 0.292 e. The molecule has 6 heteroatoms. The first-order valence-corrected chi connectivity index (χ1v) is 11.7. The van der Waals surface area contributed by atoms with Crippen LogP contribution in [0.3, 0.4) is 0 Å². The predicted molar refractivity (Wildman–Crippen MR) is 122 cm³/mol. The van der Waals surface area contributed by atoms with Crippen molar-refractivity contribution in [3.63, 3.8) is 0 Å². The van der Waals surface area contributed by atoms with Crippen LogP contribution in [0.1, 0.15) is 41.6 Å². The zero-order valence-corrected chi connectivity index (χ0v) is 18.5. The van der Waals surface area contributed by atoms with Crippen LogP contribution in [0.2, 0.25) is 0 Å². The number of hydrogen-bond donors (Lipinski definition) is 0. The number of benzene rings is 3. The minimum Gasteiger partial charge on any atom is -0.292 e. The minimum absolute atomic E-state index is 0.0737. The van der Waals surface area contributed by atoms with Gasteiger partial charge in [0.25, 0.3) is 0 Å². The van der Waals surface area contributed by atoms with E-state index in [0.717, 1.165) is 11.3 Å². The van der Waals surface area contributed by atoms with Crippen molar-refractivity contribution in [3.05, 3.63) is 102 Å². The van der Waals surface area contributed by atoms with Gasteiger partial charge in [-0.15, -0.1) is 0 Å². The summed E-state index contributed by atoms with van der Waals surface area (Å²) in [4.78, 5) is 2.44. The van der Waals surface area contributed by atoms with Crippen molar-refractivity contribution in [1.82, 2.24) is 4.90 Å². The van der Waals surface area contributed by atoms with Gasteiger partial charge in [0.1, 0.15) is 4.90 Å². The first-order chi connectivity index (χ1) is 14.9. The van der Waals surface area contributed by atoms with E-state index in [4.69, 9.17) is 4.28 Å². The predicted octanol–water partition coefficient (Wildman–Crippen LogP) is 5.26. The van der Waals surface area contributed by atoms with Crippen LogP contribution < -0.4 is 0 Å². The van der Waals surface area contributed by atoms with Crippen LogP contribution in [0.15, 0.2) is 95.0 Å². The van der Waals surface area contributed by atoms with Crippen molar-refractivity contribution in [3.8, 4) is 0 Å². The van der Waals surface area contributed by atoms with Crippen molar-refractivity contribution in [2.24, 2.45) is 5.16 Å². The fourth-order valence-electron chi connectivity index (χ4n) is 4.02. The second-order valence-corrected chi connectivity index (χ2v) is 9.45. The first kappa shape index (κ1) is 21.3. The largest absolute Gasteiger partial charge is 0.358 e. The standard InChI is InChI=1S/C25H26N2O3S/c1-19-13-15-23(16-14-19)31(28,29)30-26-22-17-24(20-9-5-3-6-10-20)27(2)25(18-22)21-11-7-4-8-12-21/h3-16,24-25H,17-18H2,1-2H3/t24-,25-/m0/s1. The van der Waals surface area contributed by atoms with Gasteiger partial charge in [-0.2, -0.15) is 8.42 Å². The van der Waals surface area contributed by atoms with E-state index >= 15 is 0 Å². The average molecular weight is 435 g/mol. The van der Waals surface area contributed by atoms with E-state index in [1.807, 2.05) is 43.3 Å². The fraction of sp³-hybridized carbons (Fsp3) is 0.240. The van der Waals surface area contributed by atoms with Crippen LogP contribution >= 0.6 is 0 Å². The highest BCUT2D eigenvalue weighted by Crippen LogP contribution is 2.39. The Morgan fingerprint density at radius 2 is 1.29 bits per heavy atom. The number of oxime groups is 1. The van der Waals surface area contributed by atoms with Crippen molar-refractivity contribution >= 4 is 15.8 Å². The molecule has 0 N–H and O–H groups in total. The Bertz CT molecular complexity index is 1090. The van der Waals surface area contributed by atoms with Gasteiger partial charge in [0.15, 0.2) is 0 Å². The third-order valence-corrected chi connectivity index (χ3v) is 6.90. The van der Waals surface area contributed by atoms with Gasteiger partial charge in [-0.25, -0.2) is 0 Å². The molecule has 0 saturated carbocycles. The van der Waals surface area contributed by atoms with Gasteiger partial charge in [-0.1, -0.05) is 83.5 Å². The summed E-state index contributed by atoms with van der Waals surface area (Å²) in [6.45, 7) is 1.91. The molecule has 1 fully saturated rings. The molecule has 160 valence electrons. The van der Waals surface area contributed by atoms with Crippen molar-refractivity contribution in [1.29, 1.82) is 0 Å². The molecule has 31 heavy (non-hydrogen) atoms. The number of hydrogen-bond acceptors (Lipinski definition) is 5. The Morgan fingerprint density at radius 1 is 0.806 bits per heavy atom. The van der Waals surface area contributed by atoms with E-state index in [-0.39, 0.29) is 17.0 Å². The van der Waals surface area contributed by atoms with E-state index in [1.54, 1.807) is 24.3 Å². The molecular formula is C25H26N2O3S. The highest BCUT2D eigenvalue weighted by atomic mass is 32.2. The summed E-state index contributed by atoms with van der Waals surface area (Å²) in [5.74, 6) is 0. The molecule has 0 bridgehead atoms. The van der Waals surface area contributed by atoms with Crippen molar-refractivity contribution in [2.75, 3.05) is 7.05 Å². The summed E-state index contributed by atoms with van der Waals surface area (Å²) < 4.78 is 30.4. The molecule has 1 heterocycles. The molecule has 5 nitrogen and oxygen atoms in total. The van der Waals surface area contributed by atoms with Gasteiger partial charge < -0.3 is 0 Å². The van der Waals surface area contributed by atoms with Gasteiger partial charge >= 0.3 is 10.1 Å². The van der Waals surface area contributed by atoms with E-state index in [1.165, 1.54) is 11.1 Å². The zero-order chi connectivity index (χ0) is 21.8. The van der Waals surface area contributed by atoms with Crippen LogP contribution in [0.25, 0.3) is 0 Å². The molecule has 1 aliphatic rings. The van der Waals surface area contributed by atoms with Crippen molar-refractivity contribution < 1.29 is 12.7 Å². The van der Waals surface area contributed by atoms with E-state index in [9.17, 15) is 8.42 Å². The normalized spacial score (nSPS) is 19.7. The Kier molecular flexibility index (Phi) is 6.20. The summed E-state index contributed by atoms with van der Waals surface area (Å²) in [5, 5.41) is 4.14. The first-order valence-electron chi connectivity index (χ1n) is 10.3. The number of rotatable bonds is 5. The summed E-state index contributed by atoms with van der Waals surface area (Å²) in [5.41, 5.74) is 4.05. The molecule has 1 saturated heterocycles. The molecule has 1 aliphatic heterocycles. The monoisotopic (exact) mass is 434 g/mol. The third kappa shape index (κ3) is 4.86. The molecule has 2 atom stereocenters. The van der Waals surface area contributed by atoms with Crippen LogP contribution in [0.5, 0.6) is 0 Å². The third-order valence-electron chi connectivity index (χ3n) is 5.78. The Balaban J connectivity index is 1.64. The molecule has 0 amide bonds. The van der Waals surface area contributed by atoms with Gasteiger partial charge in [0, 0.05) is 24.9 Å². The lowest BCUT2D eigenvalue weighted by atomic mass is 9.87. The lowest BCUT2D eigenvalue weighted by Crippen LogP contribution is -2.37. The van der Waals surface area contributed by atoms with E-state index < -0.39 is 10.1 Å². The number of piperidine rings is 1. The van der Waals surface area contributed by atoms with Crippen LogP contribution in [-0.2, 0) is 14.4 Å². The molecule has 4 rings (SSSR count). The maximum Gasteiger partial charge on any atom is 0.358 e. The van der Waals surface area contributed by atoms with Crippen LogP contribution in [0.4, 0.5) is 0 Å². The molecule has 0 unspecified atom stereocenters. The van der Waals surface area contributed by atoms with E-state index in [0.29, 0.717) is 12.8 Å². The summed E-state index contributed by atoms with van der Waals surface area (Å²) in [7, 11) is -1.85. The minimum atomic E-state index is -3.96. The molecule has 3 aromatic rings. The summed E-state index contributed by atoms with van der Waals surface area (Å²) in [6, 6.07) is 27.2. The lowest BCUT2D eigenvalue weighted by molar-refractivity contribution is 0.160.